The molecule has 0 aliphatic carbocycles. The number of aromatic nitrogens is 2. The van der Waals surface area contributed by atoms with Crippen LogP contribution in [0.4, 0.5) is 0 Å². The average Bonchev–Trinajstić information content (AvgIpc) is 3.71. The standard InChI is InChI=1S/C58H38N2/c1-37-12-9-13-39-26-27-41-15-11-21-52(57(41)55(37)39)51-20-10-14-40-28-31-44-36-43(32-33-48(44)56(40)51)47-35-34-46(49-18-5-6-19-50(47)49)38-24-29-42(30-25-38)58-59-53-22-7-8-23-54(53)60(58)45-16-3-2-4-17-45/h2-36H,1H3. The van der Waals surface area contributed by atoms with Gasteiger partial charge in [-0.3, -0.25) is 4.57 Å². The van der Waals surface area contributed by atoms with E-state index in [1.54, 1.807) is 0 Å². The minimum Gasteiger partial charge on any atom is -0.292 e. The van der Waals surface area contributed by atoms with Crippen LogP contribution in [0.5, 0.6) is 0 Å². The lowest BCUT2D eigenvalue weighted by Gasteiger charge is -2.16. The number of aryl methyl sites for hydroxylation is 1. The molecule has 0 atom stereocenters. The molecule has 0 fully saturated rings. The van der Waals surface area contributed by atoms with Gasteiger partial charge >= 0.3 is 0 Å². The molecule has 60 heavy (non-hydrogen) atoms. The van der Waals surface area contributed by atoms with E-state index in [1.165, 1.54) is 92.8 Å². The van der Waals surface area contributed by atoms with E-state index in [9.17, 15) is 0 Å². The predicted molar refractivity (Wildman–Crippen MR) is 255 cm³/mol. The van der Waals surface area contributed by atoms with E-state index < -0.39 is 0 Å². The maximum atomic E-state index is 5.10. The Morgan fingerprint density at radius 3 is 1.67 bits per heavy atom. The summed E-state index contributed by atoms with van der Waals surface area (Å²) in [6.07, 6.45) is 0. The fraction of sp³-hybridized carbons (Fsp3) is 0.0172. The summed E-state index contributed by atoms with van der Waals surface area (Å²) < 4.78 is 2.26. The highest BCUT2D eigenvalue weighted by atomic mass is 15.1. The van der Waals surface area contributed by atoms with Crippen LogP contribution in [0.3, 0.4) is 0 Å². The normalized spacial score (nSPS) is 11.8. The first-order chi connectivity index (χ1) is 29.7. The number of benzene rings is 11. The summed E-state index contributed by atoms with van der Waals surface area (Å²) in [5.74, 6) is 0.936. The van der Waals surface area contributed by atoms with Crippen molar-refractivity contribution in [2.45, 2.75) is 6.92 Å². The number of hydrogen-bond donors (Lipinski definition) is 0. The van der Waals surface area contributed by atoms with Gasteiger partial charge in [-0.25, -0.2) is 4.98 Å². The maximum Gasteiger partial charge on any atom is 0.145 e. The molecule has 1 aromatic heterocycles. The van der Waals surface area contributed by atoms with Crippen LogP contribution in [0, 0.1) is 6.92 Å². The third-order valence-corrected chi connectivity index (χ3v) is 12.5. The van der Waals surface area contributed by atoms with Crippen molar-refractivity contribution in [2.24, 2.45) is 0 Å². The lowest BCUT2D eigenvalue weighted by Crippen LogP contribution is -1.97. The quantitative estimate of drug-likeness (QED) is 0.160. The number of fused-ring (bicyclic) bond motifs is 8. The molecule has 0 amide bonds. The monoisotopic (exact) mass is 762 g/mol. The summed E-state index contributed by atoms with van der Waals surface area (Å²) >= 11 is 0. The molecule has 0 N–H and O–H groups in total. The molecular formula is C58H38N2. The fourth-order valence-corrected chi connectivity index (χ4v) is 9.73. The highest BCUT2D eigenvalue weighted by Crippen LogP contribution is 2.43. The second-order valence-corrected chi connectivity index (χ2v) is 15.9. The van der Waals surface area contributed by atoms with Crippen molar-refractivity contribution >= 4 is 64.9 Å². The Morgan fingerprint density at radius 1 is 0.350 bits per heavy atom. The van der Waals surface area contributed by atoms with Gasteiger partial charge in [0.25, 0.3) is 0 Å². The molecule has 1 heterocycles. The average molecular weight is 763 g/mol. The van der Waals surface area contributed by atoms with Crippen LogP contribution < -0.4 is 0 Å². The number of nitrogens with zero attached hydrogens (tertiary/aromatic N) is 2. The first-order valence-electron chi connectivity index (χ1n) is 20.7. The van der Waals surface area contributed by atoms with Gasteiger partial charge in [0, 0.05) is 11.3 Å². The molecule has 12 rings (SSSR count). The van der Waals surface area contributed by atoms with Gasteiger partial charge in [0.05, 0.1) is 11.0 Å². The zero-order valence-electron chi connectivity index (χ0n) is 33.1. The van der Waals surface area contributed by atoms with E-state index >= 15 is 0 Å². The van der Waals surface area contributed by atoms with E-state index in [-0.39, 0.29) is 0 Å². The minimum atomic E-state index is 0.936. The molecule has 12 aromatic rings. The van der Waals surface area contributed by atoms with Gasteiger partial charge in [-0.2, -0.15) is 0 Å². The Bertz CT molecular complexity index is 3650. The first-order valence-corrected chi connectivity index (χ1v) is 20.7. The third-order valence-electron chi connectivity index (χ3n) is 12.5. The first kappa shape index (κ1) is 34.3. The number of hydrogen-bond acceptors (Lipinski definition) is 1. The highest BCUT2D eigenvalue weighted by molar-refractivity contribution is 6.22. The van der Waals surface area contributed by atoms with Crippen LogP contribution in [0.1, 0.15) is 5.56 Å². The summed E-state index contributed by atoms with van der Waals surface area (Å²) in [7, 11) is 0. The van der Waals surface area contributed by atoms with Crippen LogP contribution in [0.25, 0.3) is 115 Å². The molecule has 280 valence electrons. The summed E-state index contributed by atoms with van der Waals surface area (Å²) in [6.45, 7) is 2.23. The van der Waals surface area contributed by atoms with E-state index in [1.807, 2.05) is 0 Å². The fourth-order valence-electron chi connectivity index (χ4n) is 9.73. The highest BCUT2D eigenvalue weighted by Gasteiger charge is 2.17. The van der Waals surface area contributed by atoms with Crippen molar-refractivity contribution in [2.75, 3.05) is 0 Å². The summed E-state index contributed by atoms with van der Waals surface area (Å²) in [4.78, 5) is 5.10. The molecule has 0 aliphatic rings. The van der Waals surface area contributed by atoms with Gasteiger partial charge < -0.3 is 0 Å². The molecule has 2 nitrogen and oxygen atoms in total. The van der Waals surface area contributed by atoms with Gasteiger partial charge in [-0.05, 0) is 130 Å². The summed E-state index contributed by atoms with van der Waals surface area (Å²) in [6, 6.07) is 77.5. The Balaban J connectivity index is 0.961. The minimum absolute atomic E-state index is 0.936. The lowest BCUT2D eigenvalue weighted by atomic mass is 9.87. The zero-order valence-corrected chi connectivity index (χ0v) is 33.1. The molecule has 2 heteroatoms. The van der Waals surface area contributed by atoms with E-state index in [0.29, 0.717) is 0 Å². The van der Waals surface area contributed by atoms with Gasteiger partial charge in [0.2, 0.25) is 0 Å². The molecule has 0 saturated heterocycles. The third kappa shape index (κ3) is 5.38. The number of para-hydroxylation sites is 3. The Hall–Kier alpha value is -7.81. The van der Waals surface area contributed by atoms with E-state index in [2.05, 4.69) is 224 Å². The summed E-state index contributed by atoms with van der Waals surface area (Å²) in [5.41, 5.74) is 12.9. The largest absolute Gasteiger partial charge is 0.292 e. The van der Waals surface area contributed by atoms with Crippen molar-refractivity contribution in [3.05, 3.63) is 218 Å². The van der Waals surface area contributed by atoms with Gasteiger partial charge in [0.1, 0.15) is 5.82 Å². The molecule has 0 spiro atoms. The molecule has 0 unspecified atom stereocenters. The molecule has 11 aromatic carbocycles. The van der Waals surface area contributed by atoms with Crippen molar-refractivity contribution < 1.29 is 0 Å². The molecule has 0 radical (unpaired) electrons. The van der Waals surface area contributed by atoms with E-state index in [0.717, 1.165) is 28.1 Å². The SMILES string of the molecule is Cc1cccc2ccc3cccc(-c4cccc5ccc6cc(-c7ccc(-c8ccc(-c9nc%10ccccc%10n9-c9ccccc9)cc8)c8ccccc78)ccc6c45)c3c12. The van der Waals surface area contributed by atoms with E-state index in [4.69, 9.17) is 4.98 Å². The van der Waals surface area contributed by atoms with Gasteiger partial charge in [0.15, 0.2) is 0 Å². The second kappa shape index (κ2) is 13.7. The summed E-state index contributed by atoms with van der Waals surface area (Å²) in [5, 5.41) is 12.7. The molecular weight excluding hydrogens is 725 g/mol. The van der Waals surface area contributed by atoms with Crippen molar-refractivity contribution in [1.29, 1.82) is 0 Å². The molecule has 0 bridgehead atoms. The van der Waals surface area contributed by atoms with Gasteiger partial charge in [-0.15, -0.1) is 0 Å². The van der Waals surface area contributed by atoms with Crippen LogP contribution in [0.15, 0.2) is 212 Å². The van der Waals surface area contributed by atoms with Crippen LogP contribution in [-0.4, -0.2) is 9.55 Å². The Kier molecular flexibility index (Phi) is 7.79. The second-order valence-electron chi connectivity index (χ2n) is 15.9. The Morgan fingerprint density at radius 2 is 0.917 bits per heavy atom. The molecule has 0 saturated carbocycles. The van der Waals surface area contributed by atoms with Crippen LogP contribution in [-0.2, 0) is 0 Å². The van der Waals surface area contributed by atoms with Crippen LogP contribution >= 0.6 is 0 Å². The lowest BCUT2D eigenvalue weighted by molar-refractivity contribution is 1.10. The molecule has 0 aliphatic heterocycles. The topological polar surface area (TPSA) is 17.8 Å². The van der Waals surface area contributed by atoms with Crippen molar-refractivity contribution in [1.82, 2.24) is 9.55 Å². The smallest absolute Gasteiger partial charge is 0.145 e. The van der Waals surface area contributed by atoms with Gasteiger partial charge in [-0.1, -0.05) is 182 Å². The maximum absolute atomic E-state index is 5.10. The van der Waals surface area contributed by atoms with Crippen LogP contribution in [0.2, 0.25) is 0 Å². The Labute approximate surface area is 348 Å². The number of imidazole rings is 1. The zero-order chi connectivity index (χ0) is 39.7. The van der Waals surface area contributed by atoms with Crippen molar-refractivity contribution in [3.63, 3.8) is 0 Å². The predicted octanol–water partition coefficient (Wildman–Crippen LogP) is 15.8. The number of rotatable bonds is 5. The van der Waals surface area contributed by atoms with Crippen molar-refractivity contribution in [3.8, 4) is 50.5 Å².